The molecule has 2 aliphatic rings. The summed E-state index contributed by atoms with van der Waals surface area (Å²) in [6.07, 6.45) is 1.04. The Balaban J connectivity index is 1.60. The third kappa shape index (κ3) is 3.35. The van der Waals surface area contributed by atoms with E-state index in [-0.39, 0.29) is 28.7 Å². The fourth-order valence-electron chi connectivity index (χ4n) is 2.79. The highest BCUT2D eigenvalue weighted by Gasteiger charge is 2.47. The molecule has 2 aliphatic heterocycles. The normalized spacial score (nSPS) is 28.0. The average molecular weight is 338 g/mol. The molecule has 1 amide bonds. The van der Waals surface area contributed by atoms with Gasteiger partial charge in [0.05, 0.1) is 17.5 Å². The smallest absolute Gasteiger partial charge is 0.248 e. The fraction of sp³-hybridized carbons (Fsp3) is 0.467. The number of hydrogen-bond acceptors (Lipinski definition) is 4. The number of carbonyl (C=O) groups excluding carboxylic acids is 1. The number of sulfone groups is 1. The maximum absolute atomic E-state index is 12.0. The molecule has 0 bridgehead atoms. The molecule has 1 aromatic carbocycles. The first kappa shape index (κ1) is 15.6. The Labute approximate surface area is 134 Å². The Morgan fingerprint density at radius 3 is 2.73 bits per heavy atom. The number of hydrogen-bond donors (Lipinski definition) is 0. The second-order valence-corrected chi connectivity index (χ2v) is 9.05. The molecular formula is C15H18N2O3S2. The molecule has 2 atom stereocenters. The minimum atomic E-state index is -2.94. The first-order valence-corrected chi connectivity index (χ1v) is 9.90. The maximum Gasteiger partial charge on any atom is 0.248 e. The first-order chi connectivity index (χ1) is 10.4. The van der Waals surface area contributed by atoms with Crippen LogP contribution in [0, 0.1) is 0 Å². The third-order valence-corrected chi connectivity index (χ3v) is 7.32. The second kappa shape index (κ2) is 6.04. The van der Waals surface area contributed by atoms with Gasteiger partial charge in [-0.2, -0.15) is 4.99 Å². The quantitative estimate of drug-likeness (QED) is 0.832. The lowest BCUT2D eigenvalue weighted by Crippen LogP contribution is -2.34. The molecule has 0 unspecified atom stereocenters. The van der Waals surface area contributed by atoms with Crippen LogP contribution in [-0.2, 0) is 21.1 Å². The van der Waals surface area contributed by atoms with Gasteiger partial charge in [-0.15, -0.1) is 0 Å². The highest BCUT2D eigenvalue weighted by atomic mass is 32.2. The lowest BCUT2D eigenvalue weighted by Gasteiger charge is -2.17. The van der Waals surface area contributed by atoms with Gasteiger partial charge in [-0.25, -0.2) is 8.42 Å². The van der Waals surface area contributed by atoms with Gasteiger partial charge in [0.15, 0.2) is 15.0 Å². The molecule has 7 heteroatoms. The minimum Gasteiger partial charge on any atom is -0.349 e. The molecule has 1 aromatic rings. The highest BCUT2D eigenvalue weighted by Crippen LogP contribution is 2.36. The molecule has 0 aromatic heterocycles. The van der Waals surface area contributed by atoms with E-state index >= 15 is 0 Å². The molecule has 0 aliphatic carbocycles. The van der Waals surface area contributed by atoms with E-state index in [9.17, 15) is 13.2 Å². The third-order valence-electron chi connectivity index (χ3n) is 4.02. The summed E-state index contributed by atoms with van der Waals surface area (Å²) in [7, 11) is -1.12. The van der Waals surface area contributed by atoms with Crippen LogP contribution in [0.15, 0.2) is 35.3 Å². The predicted octanol–water partition coefficient (Wildman–Crippen LogP) is 1.35. The van der Waals surface area contributed by atoms with Crippen molar-refractivity contribution in [3.63, 3.8) is 0 Å². The van der Waals surface area contributed by atoms with Crippen LogP contribution in [-0.4, -0.2) is 54.2 Å². The number of amidine groups is 1. The Morgan fingerprint density at radius 2 is 2.05 bits per heavy atom. The van der Waals surface area contributed by atoms with Gasteiger partial charge < -0.3 is 4.90 Å². The van der Waals surface area contributed by atoms with Gasteiger partial charge in [-0.05, 0) is 12.0 Å². The first-order valence-electron chi connectivity index (χ1n) is 7.20. The summed E-state index contributed by atoms with van der Waals surface area (Å²) in [6.45, 7) is 0. The number of rotatable bonds is 3. The molecule has 5 nitrogen and oxygen atoms in total. The minimum absolute atomic E-state index is 0.00988. The van der Waals surface area contributed by atoms with Crippen molar-refractivity contribution in [3.05, 3.63) is 35.9 Å². The summed E-state index contributed by atoms with van der Waals surface area (Å²) in [5, 5.41) is 0.665. The van der Waals surface area contributed by atoms with Gasteiger partial charge in [0.25, 0.3) is 0 Å². The Kier molecular flexibility index (Phi) is 4.27. The molecule has 2 heterocycles. The van der Waals surface area contributed by atoms with Gasteiger partial charge >= 0.3 is 0 Å². The van der Waals surface area contributed by atoms with E-state index in [2.05, 4.69) is 4.99 Å². The number of carbonyl (C=O) groups is 1. The zero-order valence-electron chi connectivity index (χ0n) is 12.3. The standard InChI is InChI=1S/C15H18N2O3S2/c1-17-12-9-22(19,20)10-13(12)21-15(17)16-14(18)8-7-11-5-3-2-4-6-11/h2-6,12-13H,7-10H2,1H3/t12-,13+/m0/s1. The van der Waals surface area contributed by atoms with Gasteiger partial charge in [0.2, 0.25) is 5.91 Å². The number of benzene rings is 1. The van der Waals surface area contributed by atoms with Crippen molar-refractivity contribution in [1.29, 1.82) is 0 Å². The van der Waals surface area contributed by atoms with Crippen LogP contribution < -0.4 is 0 Å². The zero-order chi connectivity index (χ0) is 15.7. The van der Waals surface area contributed by atoms with Gasteiger partial charge in [0, 0.05) is 18.7 Å². The Hall–Kier alpha value is -1.34. The van der Waals surface area contributed by atoms with E-state index in [0.717, 1.165) is 5.56 Å². The number of amides is 1. The second-order valence-electron chi connectivity index (χ2n) is 5.69. The van der Waals surface area contributed by atoms with Crippen molar-refractivity contribution in [1.82, 2.24) is 4.90 Å². The van der Waals surface area contributed by atoms with Crippen LogP contribution in [0.2, 0.25) is 0 Å². The molecular weight excluding hydrogens is 320 g/mol. The van der Waals surface area contributed by atoms with Crippen LogP contribution in [0.1, 0.15) is 12.0 Å². The van der Waals surface area contributed by atoms with Crippen molar-refractivity contribution >= 4 is 32.7 Å². The molecule has 2 saturated heterocycles. The van der Waals surface area contributed by atoms with Crippen molar-refractivity contribution in [2.45, 2.75) is 24.1 Å². The molecule has 0 spiro atoms. The summed E-state index contributed by atoms with van der Waals surface area (Å²) in [5.41, 5.74) is 1.12. The van der Waals surface area contributed by atoms with Crippen LogP contribution >= 0.6 is 11.8 Å². The molecule has 0 saturated carbocycles. The van der Waals surface area contributed by atoms with Gasteiger partial charge in [0.1, 0.15) is 0 Å². The molecule has 3 rings (SSSR count). The number of thioether (sulfide) groups is 1. The van der Waals surface area contributed by atoms with E-state index in [1.165, 1.54) is 11.8 Å². The zero-order valence-corrected chi connectivity index (χ0v) is 13.9. The number of nitrogens with zero attached hydrogens (tertiary/aromatic N) is 2. The lowest BCUT2D eigenvalue weighted by atomic mass is 10.1. The summed E-state index contributed by atoms with van der Waals surface area (Å²) < 4.78 is 23.3. The monoisotopic (exact) mass is 338 g/mol. The van der Waals surface area contributed by atoms with Crippen LogP contribution in [0.25, 0.3) is 0 Å². The molecule has 22 heavy (non-hydrogen) atoms. The average Bonchev–Trinajstić information content (AvgIpc) is 2.92. The predicted molar refractivity (Wildman–Crippen MR) is 88.8 cm³/mol. The summed E-state index contributed by atoms with van der Waals surface area (Å²) >= 11 is 1.42. The summed E-state index contributed by atoms with van der Waals surface area (Å²) in [5.74, 6) is 0.198. The van der Waals surface area contributed by atoms with E-state index in [0.29, 0.717) is 18.0 Å². The molecule has 0 N–H and O–H groups in total. The van der Waals surface area contributed by atoms with E-state index in [1.54, 1.807) is 0 Å². The molecule has 118 valence electrons. The van der Waals surface area contributed by atoms with Gasteiger partial charge in [-0.3, -0.25) is 4.79 Å². The summed E-state index contributed by atoms with van der Waals surface area (Å²) in [6, 6.07) is 9.79. The Bertz CT molecular complexity index is 701. The molecule has 0 radical (unpaired) electrons. The van der Waals surface area contributed by atoms with Gasteiger partial charge in [-0.1, -0.05) is 42.1 Å². The maximum atomic E-state index is 12.0. The van der Waals surface area contributed by atoms with Crippen molar-refractivity contribution < 1.29 is 13.2 Å². The van der Waals surface area contributed by atoms with Crippen molar-refractivity contribution in [2.75, 3.05) is 18.6 Å². The largest absolute Gasteiger partial charge is 0.349 e. The van der Waals surface area contributed by atoms with Crippen LogP contribution in [0.3, 0.4) is 0 Å². The van der Waals surface area contributed by atoms with E-state index < -0.39 is 9.84 Å². The SMILES string of the molecule is CN1C(=NC(=O)CCc2ccccc2)S[C@@H]2CS(=O)(=O)C[C@@H]21. The molecule has 2 fully saturated rings. The fourth-order valence-corrected chi connectivity index (χ4v) is 6.81. The number of aryl methyl sites for hydroxylation is 1. The number of aliphatic imine (C=N–C) groups is 1. The Morgan fingerprint density at radius 1 is 1.32 bits per heavy atom. The van der Waals surface area contributed by atoms with Crippen LogP contribution in [0.5, 0.6) is 0 Å². The van der Waals surface area contributed by atoms with Crippen molar-refractivity contribution in [2.24, 2.45) is 4.99 Å². The van der Waals surface area contributed by atoms with E-state index in [1.807, 2.05) is 42.3 Å². The van der Waals surface area contributed by atoms with Crippen molar-refractivity contribution in [3.8, 4) is 0 Å². The summed E-state index contributed by atoms with van der Waals surface area (Å²) in [4.78, 5) is 18.0. The lowest BCUT2D eigenvalue weighted by molar-refractivity contribution is -0.117. The number of fused-ring (bicyclic) bond motifs is 1. The van der Waals surface area contributed by atoms with E-state index in [4.69, 9.17) is 0 Å². The topological polar surface area (TPSA) is 66.8 Å². The van der Waals surface area contributed by atoms with Crippen LogP contribution in [0.4, 0.5) is 0 Å². The highest BCUT2D eigenvalue weighted by molar-refractivity contribution is 8.15.